The number of carbonyl (C=O) groups excluding carboxylic acids is 2. The predicted octanol–water partition coefficient (Wildman–Crippen LogP) is 2.13. The van der Waals surface area contributed by atoms with Crippen molar-refractivity contribution in [1.29, 1.82) is 0 Å². The first kappa shape index (κ1) is 14.0. The Morgan fingerprint density at radius 3 is 2.43 bits per heavy atom. The molecule has 6 heteroatoms. The van der Waals surface area contributed by atoms with Gasteiger partial charge in [0.15, 0.2) is 11.6 Å². The molecule has 1 heterocycles. The van der Waals surface area contributed by atoms with Crippen molar-refractivity contribution in [3.8, 4) is 0 Å². The van der Waals surface area contributed by atoms with Crippen LogP contribution < -0.4 is 10.2 Å². The summed E-state index contributed by atoms with van der Waals surface area (Å²) in [6.07, 6.45) is 3.97. The maximum Gasteiger partial charge on any atom is 0.253 e. The minimum atomic E-state index is -1.02. The molecule has 0 atom stereocenters. The monoisotopic (exact) mass is 294 g/mol. The Kier molecular flexibility index (Phi) is 3.39. The highest BCUT2D eigenvalue weighted by Crippen LogP contribution is 2.33. The molecule has 3 rings (SSSR count). The molecule has 1 saturated heterocycles. The van der Waals surface area contributed by atoms with Crippen molar-refractivity contribution in [2.24, 2.45) is 0 Å². The third kappa shape index (κ3) is 2.39. The molecule has 1 aromatic rings. The number of halogens is 2. The molecule has 112 valence electrons. The first-order valence-corrected chi connectivity index (χ1v) is 7.10. The van der Waals surface area contributed by atoms with Gasteiger partial charge in [0, 0.05) is 11.8 Å². The molecule has 1 N–H and O–H groups in total. The highest BCUT2D eigenvalue weighted by atomic mass is 19.2. The number of anilines is 1. The van der Waals surface area contributed by atoms with Crippen LogP contribution in [0.15, 0.2) is 18.2 Å². The molecule has 4 nitrogen and oxygen atoms in total. The third-order valence-electron chi connectivity index (χ3n) is 4.26. The molecule has 2 amide bonds. The molecular formula is C15H16F2N2O2. The maximum absolute atomic E-state index is 13.4. The van der Waals surface area contributed by atoms with Crippen molar-refractivity contribution in [2.45, 2.75) is 37.6 Å². The van der Waals surface area contributed by atoms with Gasteiger partial charge >= 0.3 is 0 Å². The summed E-state index contributed by atoms with van der Waals surface area (Å²) in [6, 6.07) is 3.26. The number of benzene rings is 1. The van der Waals surface area contributed by atoms with E-state index in [0.717, 1.165) is 31.4 Å². The van der Waals surface area contributed by atoms with Crippen LogP contribution in [-0.4, -0.2) is 23.9 Å². The fraction of sp³-hybridized carbons (Fsp3) is 0.467. The van der Waals surface area contributed by atoms with Crippen LogP contribution in [-0.2, 0) is 9.59 Å². The lowest BCUT2D eigenvalue weighted by Crippen LogP contribution is -2.67. The number of nitrogens with zero attached hydrogens (tertiary/aromatic N) is 1. The van der Waals surface area contributed by atoms with Crippen molar-refractivity contribution in [3.05, 3.63) is 29.8 Å². The van der Waals surface area contributed by atoms with E-state index in [1.807, 2.05) is 0 Å². The summed E-state index contributed by atoms with van der Waals surface area (Å²) < 4.78 is 26.4. The first-order valence-electron chi connectivity index (χ1n) is 7.10. The number of rotatable bonds is 1. The van der Waals surface area contributed by atoms with Crippen molar-refractivity contribution in [3.63, 3.8) is 0 Å². The lowest BCUT2D eigenvalue weighted by molar-refractivity contribution is -0.137. The summed E-state index contributed by atoms with van der Waals surface area (Å²) in [7, 11) is 0. The minimum absolute atomic E-state index is 0.161. The fourth-order valence-corrected chi connectivity index (χ4v) is 3.19. The fourth-order valence-electron chi connectivity index (χ4n) is 3.19. The van der Waals surface area contributed by atoms with E-state index in [0.29, 0.717) is 12.8 Å². The highest BCUT2D eigenvalue weighted by molar-refractivity contribution is 6.09. The van der Waals surface area contributed by atoms with Gasteiger partial charge in [-0.2, -0.15) is 0 Å². The largest absolute Gasteiger partial charge is 0.340 e. The Labute approximate surface area is 121 Å². The molecule has 21 heavy (non-hydrogen) atoms. The minimum Gasteiger partial charge on any atom is -0.340 e. The van der Waals surface area contributed by atoms with E-state index >= 15 is 0 Å². The van der Waals surface area contributed by atoms with Crippen molar-refractivity contribution >= 4 is 17.5 Å². The Balaban J connectivity index is 1.95. The summed E-state index contributed by atoms with van der Waals surface area (Å²) in [5, 5.41) is 2.81. The molecule has 1 aromatic carbocycles. The number of carbonyl (C=O) groups is 2. The van der Waals surface area contributed by atoms with Crippen LogP contribution in [0.4, 0.5) is 14.5 Å². The topological polar surface area (TPSA) is 49.4 Å². The zero-order valence-corrected chi connectivity index (χ0v) is 11.5. The van der Waals surface area contributed by atoms with Gasteiger partial charge in [-0.25, -0.2) is 8.78 Å². The Hall–Kier alpha value is -1.98. The normalized spacial score (nSPS) is 21.5. The van der Waals surface area contributed by atoms with Gasteiger partial charge in [-0.1, -0.05) is 19.3 Å². The van der Waals surface area contributed by atoms with E-state index in [-0.39, 0.29) is 24.0 Å². The molecule has 1 saturated carbocycles. The third-order valence-corrected chi connectivity index (χ3v) is 4.26. The first-order chi connectivity index (χ1) is 10.0. The van der Waals surface area contributed by atoms with E-state index in [9.17, 15) is 18.4 Å². The van der Waals surface area contributed by atoms with Gasteiger partial charge in [0.05, 0.1) is 0 Å². The SMILES string of the molecule is O=C1CN(c2ccc(F)c(F)c2)C(=O)C2(CCCCC2)N1. The maximum atomic E-state index is 13.4. The zero-order valence-electron chi connectivity index (χ0n) is 11.5. The second kappa shape index (κ2) is 5.09. The Morgan fingerprint density at radius 2 is 1.76 bits per heavy atom. The Morgan fingerprint density at radius 1 is 1.05 bits per heavy atom. The van der Waals surface area contributed by atoms with Gasteiger partial charge in [0.1, 0.15) is 12.1 Å². The molecule has 2 fully saturated rings. The summed E-state index contributed by atoms with van der Waals surface area (Å²) in [5.41, 5.74) is -0.656. The van der Waals surface area contributed by atoms with Crippen LogP contribution in [0.25, 0.3) is 0 Å². The molecule has 2 aliphatic rings. The van der Waals surface area contributed by atoms with E-state index in [1.54, 1.807) is 0 Å². The van der Waals surface area contributed by atoms with E-state index in [4.69, 9.17) is 0 Å². The molecule has 0 radical (unpaired) electrons. The quantitative estimate of drug-likeness (QED) is 0.862. The van der Waals surface area contributed by atoms with Crippen LogP contribution in [0.3, 0.4) is 0 Å². The van der Waals surface area contributed by atoms with Gasteiger partial charge in [-0.05, 0) is 25.0 Å². The summed E-state index contributed by atoms with van der Waals surface area (Å²) >= 11 is 0. The van der Waals surface area contributed by atoms with E-state index < -0.39 is 17.2 Å². The molecular weight excluding hydrogens is 278 g/mol. The van der Waals surface area contributed by atoms with Crippen LogP contribution in [0.2, 0.25) is 0 Å². The average molecular weight is 294 g/mol. The van der Waals surface area contributed by atoms with Crippen LogP contribution in [0.1, 0.15) is 32.1 Å². The predicted molar refractivity (Wildman–Crippen MR) is 72.7 cm³/mol. The molecule has 0 aromatic heterocycles. The lowest BCUT2D eigenvalue weighted by atomic mass is 9.79. The number of nitrogens with one attached hydrogen (secondary N) is 1. The second-order valence-corrected chi connectivity index (χ2v) is 5.68. The number of hydrogen-bond acceptors (Lipinski definition) is 2. The van der Waals surface area contributed by atoms with E-state index in [2.05, 4.69) is 5.32 Å². The molecule has 0 bridgehead atoms. The van der Waals surface area contributed by atoms with E-state index in [1.165, 1.54) is 11.0 Å². The average Bonchev–Trinajstić information content (AvgIpc) is 2.47. The van der Waals surface area contributed by atoms with Gasteiger partial charge in [-0.3, -0.25) is 9.59 Å². The lowest BCUT2D eigenvalue weighted by Gasteiger charge is -2.44. The number of piperazine rings is 1. The molecule has 1 aliphatic carbocycles. The summed E-state index contributed by atoms with van der Waals surface area (Å²) in [6.45, 7) is -0.161. The molecule has 1 aliphatic heterocycles. The van der Waals surface area contributed by atoms with Crippen LogP contribution in [0, 0.1) is 11.6 Å². The van der Waals surface area contributed by atoms with Crippen molar-refractivity contribution < 1.29 is 18.4 Å². The molecule has 0 unspecified atom stereocenters. The van der Waals surface area contributed by atoms with Gasteiger partial charge in [0.2, 0.25) is 5.91 Å². The Bertz CT molecular complexity index is 597. The van der Waals surface area contributed by atoms with Crippen LogP contribution in [0.5, 0.6) is 0 Å². The zero-order chi connectivity index (χ0) is 15.0. The van der Waals surface area contributed by atoms with Gasteiger partial charge in [-0.15, -0.1) is 0 Å². The number of hydrogen-bond donors (Lipinski definition) is 1. The van der Waals surface area contributed by atoms with Crippen molar-refractivity contribution in [2.75, 3.05) is 11.4 Å². The summed E-state index contributed by atoms with van der Waals surface area (Å²) in [4.78, 5) is 25.9. The molecule has 1 spiro atoms. The smallest absolute Gasteiger partial charge is 0.253 e. The van der Waals surface area contributed by atoms with Crippen molar-refractivity contribution in [1.82, 2.24) is 5.32 Å². The van der Waals surface area contributed by atoms with Gasteiger partial charge in [0.25, 0.3) is 5.91 Å². The van der Waals surface area contributed by atoms with Crippen LogP contribution >= 0.6 is 0 Å². The summed E-state index contributed by atoms with van der Waals surface area (Å²) in [5.74, 6) is -2.49. The number of amides is 2. The standard InChI is InChI=1S/C15H16F2N2O2/c16-11-5-4-10(8-12(11)17)19-9-13(20)18-15(14(19)21)6-2-1-3-7-15/h4-5,8H,1-3,6-7,9H2,(H,18,20). The second-order valence-electron chi connectivity index (χ2n) is 5.68. The van der Waals surface area contributed by atoms with Gasteiger partial charge < -0.3 is 10.2 Å². The highest BCUT2D eigenvalue weighted by Gasteiger charge is 2.47.